The molecular formula is C14H26N2. The highest BCUT2D eigenvalue weighted by atomic mass is 14.9. The molecule has 0 aliphatic carbocycles. The van der Waals surface area contributed by atoms with Crippen molar-refractivity contribution in [1.82, 2.24) is 5.32 Å². The summed E-state index contributed by atoms with van der Waals surface area (Å²) in [5, 5.41) is 3.45. The van der Waals surface area contributed by atoms with Gasteiger partial charge in [0.05, 0.1) is 0 Å². The Labute approximate surface area is 100.0 Å². The first-order valence-electron chi connectivity index (χ1n) is 6.59. The second-order valence-electron chi connectivity index (χ2n) is 4.63. The third kappa shape index (κ3) is 4.11. The van der Waals surface area contributed by atoms with Crippen LogP contribution in [0, 0.1) is 0 Å². The van der Waals surface area contributed by atoms with E-state index in [2.05, 4.69) is 18.8 Å². The summed E-state index contributed by atoms with van der Waals surface area (Å²) in [6.07, 6.45) is 9.47. The molecule has 2 heteroatoms. The molecule has 3 N–H and O–H groups in total. The van der Waals surface area contributed by atoms with Crippen molar-refractivity contribution in [3.63, 3.8) is 0 Å². The van der Waals surface area contributed by atoms with Crippen LogP contribution in [-0.2, 0) is 0 Å². The fraction of sp³-hybridized carbons (Fsp3) is 0.714. The van der Waals surface area contributed by atoms with E-state index in [1.54, 1.807) is 5.57 Å². The molecule has 0 aromatic rings. The maximum atomic E-state index is 6.10. The molecule has 0 saturated heterocycles. The summed E-state index contributed by atoms with van der Waals surface area (Å²) < 4.78 is 0. The Balaban J connectivity index is 2.66. The van der Waals surface area contributed by atoms with Crippen molar-refractivity contribution in [3.05, 3.63) is 23.8 Å². The molecule has 1 aliphatic rings. The van der Waals surface area contributed by atoms with Gasteiger partial charge in [-0.05, 0) is 37.8 Å². The van der Waals surface area contributed by atoms with Gasteiger partial charge in [-0.3, -0.25) is 0 Å². The Morgan fingerprint density at radius 2 is 2.31 bits per heavy atom. The fourth-order valence-corrected chi connectivity index (χ4v) is 2.31. The zero-order chi connectivity index (χ0) is 11.8. The highest BCUT2D eigenvalue weighted by Crippen LogP contribution is 2.22. The second-order valence-corrected chi connectivity index (χ2v) is 4.63. The van der Waals surface area contributed by atoms with Crippen LogP contribution < -0.4 is 11.1 Å². The number of nitrogens with one attached hydrogen (secondary N) is 1. The highest BCUT2D eigenvalue weighted by molar-refractivity contribution is 5.26. The minimum atomic E-state index is 0.0437. The molecule has 2 nitrogen and oxygen atoms in total. The van der Waals surface area contributed by atoms with Gasteiger partial charge in [-0.25, -0.2) is 0 Å². The molecule has 0 fully saturated rings. The fourth-order valence-electron chi connectivity index (χ4n) is 2.31. The van der Waals surface area contributed by atoms with Crippen molar-refractivity contribution >= 4 is 0 Å². The Morgan fingerprint density at radius 3 is 3.00 bits per heavy atom. The van der Waals surface area contributed by atoms with Crippen LogP contribution in [0.4, 0.5) is 0 Å². The number of hydrogen-bond donors (Lipinski definition) is 2. The average Bonchev–Trinajstić information content (AvgIpc) is 2.54. The van der Waals surface area contributed by atoms with Gasteiger partial charge in [0.25, 0.3) is 0 Å². The van der Waals surface area contributed by atoms with E-state index in [0.29, 0.717) is 0 Å². The lowest BCUT2D eigenvalue weighted by molar-refractivity contribution is 0.676. The minimum absolute atomic E-state index is 0.0437. The van der Waals surface area contributed by atoms with E-state index >= 15 is 0 Å². The number of nitrogens with two attached hydrogens (primary N) is 1. The number of hydrogen-bond acceptors (Lipinski definition) is 2. The molecule has 1 aliphatic heterocycles. The van der Waals surface area contributed by atoms with E-state index in [1.807, 2.05) is 6.08 Å². The molecular weight excluding hydrogens is 196 g/mol. The van der Waals surface area contributed by atoms with Crippen molar-refractivity contribution in [1.29, 1.82) is 0 Å². The van der Waals surface area contributed by atoms with Crippen molar-refractivity contribution in [2.45, 2.75) is 51.5 Å². The molecule has 0 bridgehead atoms. The first kappa shape index (κ1) is 13.5. The van der Waals surface area contributed by atoms with E-state index in [9.17, 15) is 0 Å². The molecule has 0 aromatic carbocycles. The van der Waals surface area contributed by atoms with Gasteiger partial charge < -0.3 is 11.1 Å². The van der Waals surface area contributed by atoms with E-state index in [1.165, 1.54) is 44.1 Å². The second kappa shape index (κ2) is 7.64. The van der Waals surface area contributed by atoms with Gasteiger partial charge >= 0.3 is 0 Å². The standard InChI is InChI=1S/C14H26N2/c1-3-5-6-8-12-9-7-10-16-11-13(12)14(15)4-2/h4,14,16H,2-3,5-11,15H2,1H3. The smallest absolute Gasteiger partial charge is 0.0452 e. The Hall–Kier alpha value is -0.600. The highest BCUT2D eigenvalue weighted by Gasteiger charge is 2.14. The molecule has 0 radical (unpaired) electrons. The largest absolute Gasteiger partial charge is 0.321 e. The lowest BCUT2D eigenvalue weighted by Gasteiger charge is -2.16. The molecule has 1 atom stereocenters. The number of unbranched alkanes of at least 4 members (excludes halogenated alkanes) is 2. The van der Waals surface area contributed by atoms with Crippen LogP contribution >= 0.6 is 0 Å². The zero-order valence-corrected chi connectivity index (χ0v) is 10.6. The third-order valence-electron chi connectivity index (χ3n) is 3.34. The quantitative estimate of drug-likeness (QED) is 0.536. The van der Waals surface area contributed by atoms with Crippen molar-refractivity contribution < 1.29 is 0 Å². The monoisotopic (exact) mass is 222 g/mol. The zero-order valence-electron chi connectivity index (χ0n) is 10.6. The molecule has 92 valence electrons. The molecule has 1 unspecified atom stereocenters. The van der Waals surface area contributed by atoms with Crippen molar-refractivity contribution in [3.8, 4) is 0 Å². The number of rotatable bonds is 6. The van der Waals surface area contributed by atoms with E-state index in [4.69, 9.17) is 5.73 Å². The summed E-state index contributed by atoms with van der Waals surface area (Å²) in [6.45, 7) is 8.13. The van der Waals surface area contributed by atoms with Gasteiger partial charge in [0.1, 0.15) is 0 Å². The van der Waals surface area contributed by atoms with Gasteiger partial charge in [0.2, 0.25) is 0 Å². The van der Waals surface area contributed by atoms with Crippen LogP contribution in [0.3, 0.4) is 0 Å². The SMILES string of the molecule is C=CC(N)C1=C(CCCCC)CCCNC1. The molecule has 1 rings (SSSR count). The molecule has 16 heavy (non-hydrogen) atoms. The Morgan fingerprint density at radius 1 is 1.50 bits per heavy atom. The van der Waals surface area contributed by atoms with Crippen LogP contribution in [0.5, 0.6) is 0 Å². The van der Waals surface area contributed by atoms with E-state index in [-0.39, 0.29) is 6.04 Å². The summed E-state index contributed by atoms with van der Waals surface area (Å²) in [5.74, 6) is 0. The van der Waals surface area contributed by atoms with E-state index in [0.717, 1.165) is 13.1 Å². The third-order valence-corrected chi connectivity index (χ3v) is 3.34. The number of allylic oxidation sites excluding steroid dienone is 1. The lowest BCUT2D eigenvalue weighted by atomic mass is 9.94. The first-order chi connectivity index (χ1) is 7.79. The topological polar surface area (TPSA) is 38.0 Å². The van der Waals surface area contributed by atoms with Crippen molar-refractivity contribution in [2.75, 3.05) is 13.1 Å². The summed E-state index contributed by atoms with van der Waals surface area (Å²) in [4.78, 5) is 0. The van der Waals surface area contributed by atoms with Gasteiger partial charge in [0, 0.05) is 12.6 Å². The molecule has 1 heterocycles. The molecule has 0 amide bonds. The van der Waals surface area contributed by atoms with Gasteiger partial charge in [-0.15, -0.1) is 6.58 Å². The van der Waals surface area contributed by atoms with Gasteiger partial charge in [-0.2, -0.15) is 0 Å². The minimum Gasteiger partial charge on any atom is -0.321 e. The van der Waals surface area contributed by atoms with Crippen LogP contribution in [-0.4, -0.2) is 19.1 Å². The van der Waals surface area contributed by atoms with Crippen LogP contribution in [0.25, 0.3) is 0 Å². The molecule has 0 saturated carbocycles. The lowest BCUT2D eigenvalue weighted by Crippen LogP contribution is -2.28. The van der Waals surface area contributed by atoms with E-state index < -0.39 is 0 Å². The summed E-state index contributed by atoms with van der Waals surface area (Å²) in [5.41, 5.74) is 9.08. The van der Waals surface area contributed by atoms with Crippen LogP contribution in [0.2, 0.25) is 0 Å². The van der Waals surface area contributed by atoms with Crippen molar-refractivity contribution in [2.24, 2.45) is 5.73 Å². The van der Waals surface area contributed by atoms with Gasteiger partial charge in [-0.1, -0.05) is 31.4 Å². The normalized spacial score (nSPS) is 19.4. The molecule has 0 aromatic heterocycles. The first-order valence-corrected chi connectivity index (χ1v) is 6.59. The maximum absolute atomic E-state index is 6.10. The maximum Gasteiger partial charge on any atom is 0.0452 e. The Bertz CT molecular complexity index is 243. The van der Waals surface area contributed by atoms with Crippen LogP contribution in [0.15, 0.2) is 23.8 Å². The summed E-state index contributed by atoms with van der Waals surface area (Å²) >= 11 is 0. The van der Waals surface area contributed by atoms with Gasteiger partial charge in [0.15, 0.2) is 0 Å². The molecule has 0 spiro atoms. The summed E-state index contributed by atoms with van der Waals surface area (Å²) in [6, 6.07) is 0.0437. The van der Waals surface area contributed by atoms with Crippen LogP contribution in [0.1, 0.15) is 45.4 Å². The summed E-state index contributed by atoms with van der Waals surface area (Å²) in [7, 11) is 0. The average molecular weight is 222 g/mol. The predicted octanol–water partition coefficient (Wildman–Crippen LogP) is 2.76. The Kier molecular flexibility index (Phi) is 6.43. The predicted molar refractivity (Wildman–Crippen MR) is 71.4 cm³/mol.